The summed E-state index contributed by atoms with van der Waals surface area (Å²) in [5, 5.41) is 0.287. The van der Waals surface area contributed by atoms with Gasteiger partial charge in [0.25, 0.3) is 0 Å². The van der Waals surface area contributed by atoms with Crippen molar-refractivity contribution in [3.05, 3.63) is 64.2 Å². The number of benzene rings is 2. The smallest absolute Gasteiger partial charge is 0.214 e. The monoisotopic (exact) mass is 460 g/mol. The van der Waals surface area contributed by atoms with Crippen LogP contribution in [0.4, 0.5) is 0 Å². The fraction of sp³-hybridized carbons (Fsp3) is 0.458. The highest BCUT2D eigenvalue weighted by Gasteiger charge is 2.45. The normalized spacial score (nSPS) is 17.6. The Bertz CT molecular complexity index is 1070. The highest BCUT2D eigenvalue weighted by molar-refractivity contribution is 7.90. The number of halogens is 1. The number of hydrogen-bond acceptors (Lipinski definition) is 4. The van der Waals surface area contributed by atoms with E-state index in [0.29, 0.717) is 0 Å². The Kier molecular flexibility index (Phi) is 6.42. The summed E-state index contributed by atoms with van der Waals surface area (Å²) < 4.78 is 32.2. The topological polar surface area (TPSA) is 67.8 Å². The molecule has 0 atom stereocenters. The lowest BCUT2D eigenvalue weighted by molar-refractivity contribution is 0.322. The molecule has 2 aliphatic rings. The van der Waals surface area contributed by atoms with Crippen molar-refractivity contribution in [2.75, 3.05) is 19.7 Å². The SMILES string of the molecule is CC(C)S(=O)(=O)NCCOc1ccc2c(c1)C(C1(c3ccc(Cl)cc3)CCC1)=NCC2. The first kappa shape index (κ1) is 22.3. The standard InChI is InChI=1S/C24H29ClN2O3S/c1-17(2)31(28,29)27-14-15-30-21-9-4-18-10-13-26-23(22(18)16-21)24(11-3-12-24)19-5-7-20(25)8-6-19/h4-9,16-17,27H,3,10-15H2,1-2H3. The van der Waals surface area contributed by atoms with Crippen LogP contribution in [0.3, 0.4) is 0 Å². The average molecular weight is 461 g/mol. The molecule has 0 radical (unpaired) electrons. The molecular weight excluding hydrogens is 432 g/mol. The summed E-state index contributed by atoms with van der Waals surface area (Å²) in [5.41, 5.74) is 4.79. The number of aliphatic imine (C=N–C) groups is 1. The van der Waals surface area contributed by atoms with Crippen LogP contribution in [0.2, 0.25) is 5.02 Å². The molecule has 1 heterocycles. The van der Waals surface area contributed by atoms with Crippen LogP contribution >= 0.6 is 11.6 Å². The third-order valence-electron chi connectivity index (χ3n) is 6.34. The summed E-state index contributed by atoms with van der Waals surface area (Å²) in [4.78, 5) is 4.99. The minimum Gasteiger partial charge on any atom is -0.492 e. The van der Waals surface area contributed by atoms with Gasteiger partial charge in [-0.25, -0.2) is 13.1 Å². The molecule has 166 valence electrons. The van der Waals surface area contributed by atoms with Gasteiger partial charge in [0.2, 0.25) is 10.0 Å². The van der Waals surface area contributed by atoms with Crippen LogP contribution < -0.4 is 9.46 Å². The van der Waals surface area contributed by atoms with Gasteiger partial charge in [-0.2, -0.15) is 0 Å². The molecule has 0 saturated heterocycles. The first-order valence-electron chi connectivity index (χ1n) is 10.9. The molecule has 0 bridgehead atoms. The summed E-state index contributed by atoms with van der Waals surface area (Å²) in [7, 11) is -3.28. The molecule has 2 aromatic carbocycles. The van der Waals surface area contributed by atoms with Crippen LogP contribution in [-0.4, -0.2) is 39.1 Å². The van der Waals surface area contributed by atoms with Crippen LogP contribution in [0.25, 0.3) is 0 Å². The third-order valence-corrected chi connectivity index (χ3v) is 8.44. The van der Waals surface area contributed by atoms with Gasteiger partial charge in [-0.05, 0) is 68.5 Å². The number of rotatable bonds is 8. The minimum atomic E-state index is -3.28. The zero-order chi connectivity index (χ0) is 22.1. The molecule has 1 aliphatic heterocycles. The second kappa shape index (κ2) is 8.93. The molecule has 31 heavy (non-hydrogen) atoms. The van der Waals surface area contributed by atoms with Crippen molar-refractivity contribution in [3.63, 3.8) is 0 Å². The summed E-state index contributed by atoms with van der Waals surface area (Å²) in [6, 6.07) is 14.3. The lowest BCUT2D eigenvalue weighted by Gasteiger charge is -2.45. The van der Waals surface area contributed by atoms with Crippen molar-refractivity contribution >= 4 is 27.3 Å². The molecular formula is C24H29ClN2O3S. The Hall–Kier alpha value is -1.89. The Morgan fingerprint density at radius 2 is 1.90 bits per heavy atom. The Labute approximate surface area is 189 Å². The second-order valence-electron chi connectivity index (χ2n) is 8.58. The quantitative estimate of drug-likeness (QED) is 0.589. The van der Waals surface area contributed by atoms with Gasteiger partial charge in [-0.15, -0.1) is 0 Å². The van der Waals surface area contributed by atoms with E-state index in [4.69, 9.17) is 21.3 Å². The van der Waals surface area contributed by atoms with Crippen LogP contribution in [0.5, 0.6) is 5.75 Å². The van der Waals surface area contributed by atoms with Gasteiger partial charge in [0, 0.05) is 29.1 Å². The van der Waals surface area contributed by atoms with E-state index < -0.39 is 15.3 Å². The summed E-state index contributed by atoms with van der Waals surface area (Å²) in [6.07, 6.45) is 4.26. The van der Waals surface area contributed by atoms with Gasteiger partial charge < -0.3 is 4.74 Å². The van der Waals surface area contributed by atoms with Crippen molar-refractivity contribution < 1.29 is 13.2 Å². The molecule has 0 unspecified atom stereocenters. The zero-order valence-corrected chi connectivity index (χ0v) is 19.6. The maximum atomic E-state index is 11.9. The van der Waals surface area contributed by atoms with E-state index in [0.717, 1.165) is 47.9 Å². The van der Waals surface area contributed by atoms with Gasteiger partial charge >= 0.3 is 0 Å². The number of nitrogens with zero attached hydrogens (tertiary/aromatic N) is 1. The molecule has 1 aliphatic carbocycles. The van der Waals surface area contributed by atoms with Crippen LogP contribution in [0, 0.1) is 0 Å². The van der Waals surface area contributed by atoms with E-state index in [1.54, 1.807) is 13.8 Å². The molecule has 7 heteroatoms. The maximum Gasteiger partial charge on any atom is 0.214 e. The molecule has 5 nitrogen and oxygen atoms in total. The van der Waals surface area contributed by atoms with Gasteiger partial charge in [-0.1, -0.05) is 36.2 Å². The lowest BCUT2D eigenvalue weighted by atomic mass is 9.59. The third kappa shape index (κ3) is 4.52. The first-order chi connectivity index (χ1) is 14.8. The van der Waals surface area contributed by atoms with Crippen molar-refractivity contribution in [2.24, 2.45) is 4.99 Å². The van der Waals surface area contributed by atoms with E-state index in [1.807, 2.05) is 18.2 Å². The average Bonchev–Trinajstić information content (AvgIpc) is 2.72. The van der Waals surface area contributed by atoms with Crippen LogP contribution in [-0.2, 0) is 21.9 Å². The molecule has 0 amide bonds. The predicted octanol–water partition coefficient (Wildman–Crippen LogP) is 4.51. The van der Waals surface area contributed by atoms with Gasteiger partial charge in [0.1, 0.15) is 12.4 Å². The van der Waals surface area contributed by atoms with Crippen molar-refractivity contribution in [1.29, 1.82) is 0 Å². The van der Waals surface area contributed by atoms with Gasteiger partial charge in [0.15, 0.2) is 0 Å². The predicted molar refractivity (Wildman–Crippen MR) is 126 cm³/mol. The molecule has 1 fully saturated rings. The number of nitrogens with one attached hydrogen (secondary N) is 1. The number of ether oxygens (including phenoxy) is 1. The minimum absolute atomic E-state index is 0.0642. The fourth-order valence-electron chi connectivity index (χ4n) is 4.35. The molecule has 2 aromatic rings. The van der Waals surface area contributed by atoms with Gasteiger partial charge in [0.05, 0.1) is 11.0 Å². The maximum absolute atomic E-state index is 11.9. The summed E-state index contributed by atoms with van der Waals surface area (Å²) in [6.45, 7) is 4.64. The molecule has 1 N–H and O–H groups in total. The second-order valence-corrected chi connectivity index (χ2v) is 11.3. The Morgan fingerprint density at radius 1 is 1.16 bits per heavy atom. The molecule has 0 spiro atoms. The molecule has 1 saturated carbocycles. The van der Waals surface area contributed by atoms with E-state index in [1.165, 1.54) is 17.5 Å². The van der Waals surface area contributed by atoms with Crippen molar-refractivity contribution in [3.8, 4) is 5.75 Å². The Balaban J connectivity index is 1.54. The zero-order valence-electron chi connectivity index (χ0n) is 18.0. The van der Waals surface area contributed by atoms with Gasteiger partial charge in [-0.3, -0.25) is 4.99 Å². The van der Waals surface area contributed by atoms with Crippen LogP contribution in [0.1, 0.15) is 49.8 Å². The largest absolute Gasteiger partial charge is 0.492 e. The van der Waals surface area contributed by atoms with Crippen molar-refractivity contribution in [2.45, 2.75) is 50.2 Å². The summed E-state index contributed by atoms with van der Waals surface area (Å²) in [5.74, 6) is 0.739. The number of hydrogen-bond donors (Lipinski definition) is 1. The van der Waals surface area contributed by atoms with E-state index in [9.17, 15) is 8.42 Å². The highest BCUT2D eigenvalue weighted by Crippen LogP contribution is 2.48. The molecule has 0 aromatic heterocycles. The van der Waals surface area contributed by atoms with E-state index in [-0.39, 0.29) is 18.6 Å². The molecule has 4 rings (SSSR count). The van der Waals surface area contributed by atoms with Crippen molar-refractivity contribution in [1.82, 2.24) is 4.72 Å². The highest BCUT2D eigenvalue weighted by atomic mass is 35.5. The van der Waals surface area contributed by atoms with E-state index in [2.05, 4.69) is 29.0 Å². The summed E-state index contributed by atoms with van der Waals surface area (Å²) >= 11 is 6.13. The Morgan fingerprint density at radius 3 is 2.55 bits per heavy atom. The fourth-order valence-corrected chi connectivity index (χ4v) is 5.17. The van der Waals surface area contributed by atoms with Crippen LogP contribution in [0.15, 0.2) is 47.5 Å². The first-order valence-corrected chi connectivity index (χ1v) is 12.8. The number of fused-ring (bicyclic) bond motifs is 1. The lowest BCUT2D eigenvalue weighted by Crippen LogP contribution is -2.44. The van der Waals surface area contributed by atoms with E-state index >= 15 is 0 Å². The number of sulfonamides is 1.